The van der Waals surface area contributed by atoms with Gasteiger partial charge in [-0.3, -0.25) is 4.79 Å². The van der Waals surface area contributed by atoms with Crippen molar-refractivity contribution in [3.63, 3.8) is 0 Å². The predicted molar refractivity (Wildman–Crippen MR) is 53.7 cm³/mol. The SMILES string of the molecule is C[C@@H](C(=O)O)[C@]1(O)[C@H](O)[C@@H](CO)O[C@@H](O)[C@@H]1N. The number of carboxylic acids is 1. The molecular weight excluding hydrogens is 234 g/mol. The summed E-state index contributed by atoms with van der Waals surface area (Å²) in [6.07, 6.45) is -4.67. The van der Waals surface area contributed by atoms with Gasteiger partial charge in [-0.1, -0.05) is 0 Å². The van der Waals surface area contributed by atoms with Crippen LogP contribution in [0.2, 0.25) is 0 Å². The second kappa shape index (κ2) is 4.84. The maximum atomic E-state index is 10.9. The van der Waals surface area contributed by atoms with E-state index in [0.717, 1.165) is 6.92 Å². The molecule has 0 aromatic carbocycles. The minimum atomic E-state index is -2.28. The molecule has 1 heterocycles. The first kappa shape index (κ1) is 14.3. The fraction of sp³-hybridized carbons (Fsp3) is 0.889. The number of hydrogen-bond acceptors (Lipinski definition) is 7. The molecule has 8 nitrogen and oxygen atoms in total. The zero-order valence-electron chi connectivity index (χ0n) is 9.22. The van der Waals surface area contributed by atoms with Crippen molar-refractivity contribution in [2.45, 2.75) is 37.1 Å². The lowest BCUT2D eigenvalue weighted by Crippen LogP contribution is -2.73. The first-order chi connectivity index (χ1) is 7.76. The lowest BCUT2D eigenvalue weighted by atomic mass is 9.74. The van der Waals surface area contributed by atoms with E-state index >= 15 is 0 Å². The zero-order valence-corrected chi connectivity index (χ0v) is 9.22. The topological polar surface area (TPSA) is 153 Å². The quantitative estimate of drug-likeness (QED) is 0.307. The first-order valence-corrected chi connectivity index (χ1v) is 5.10. The molecule has 7 N–H and O–H groups in total. The third kappa shape index (κ3) is 2.15. The molecule has 0 spiro atoms. The van der Waals surface area contributed by atoms with Crippen molar-refractivity contribution in [3.8, 4) is 0 Å². The summed E-state index contributed by atoms with van der Waals surface area (Å²) in [5.41, 5.74) is 3.19. The molecule has 100 valence electrons. The predicted octanol–water partition coefficient (Wildman–Crippen LogP) is -3.16. The highest BCUT2D eigenvalue weighted by Crippen LogP contribution is 2.34. The van der Waals surface area contributed by atoms with E-state index in [9.17, 15) is 20.1 Å². The molecule has 17 heavy (non-hydrogen) atoms. The Morgan fingerprint density at radius 1 is 1.53 bits per heavy atom. The van der Waals surface area contributed by atoms with Gasteiger partial charge in [0.05, 0.1) is 18.6 Å². The molecule has 0 unspecified atom stereocenters. The summed E-state index contributed by atoms with van der Waals surface area (Å²) in [4.78, 5) is 10.9. The molecule has 0 bridgehead atoms. The van der Waals surface area contributed by atoms with Crippen LogP contribution in [0.3, 0.4) is 0 Å². The Kier molecular flexibility index (Phi) is 4.07. The number of nitrogens with two attached hydrogens (primary N) is 1. The molecule has 0 aromatic rings. The van der Waals surface area contributed by atoms with Crippen LogP contribution in [-0.4, -0.2) is 68.2 Å². The zero-order chi connectivity index (χ0) is 13.4. The van der Waals surface area contributed by atoms with E-state index in [1.54, 1.807) is 0 Å². The molecule has 6 atom stereocenters. The second-order valence-corrected chi connectivity index (χ2v) is 4.17. The average molecular weight is 251 g/mol. The van der Waals surface area contributed by atoms with Crippen LogP contribution in [0, 0.1) is 5.92 Å². The van der Waals surface area contributed by atoms with E-state index in [4.69, 9.17) is 20.7 Å². The number of aliphatic carboxylic acids is 1. The Hall–Kier alpha value is -0.770. The van der Waals surface area contributed by atoms with Gasteiger partial charge >= 0.3 is 5.97 Å². The first-order valence-electron chi connectivity index (χ1n) is 5.10. The Labute approximate surface area is 97.2 Å². The molecule has 0 radical (unpaired) electrons. The summed E-state index contributed by atoms with van der Waals surface area (Å²) >= 11 is 0. The number of aliphatic hydroxyl groups excluding tert-OH is 3. The van der Waals surface area contributed by atoms with Crippen molar-refractivity contribution < 1.29 is 35.1 Å². The largest absolute Gasteiger partial charge is 0.481 e. The van der Waals surface area contributed by atoms with Gasteiger partial charge in [-0.2, -0.15) is 0 Å². The van der Waals surface area contributed by atoms with Crippen LogP contribution < -0.4 is 5.73 Å². The fourth-order valence-electron chi connectivity index (χ4n) is 1.95. The van der Waals surface area contributed by atoms with Gasteiger partial charge in [-0.05, 0) is 6.92 Å². The van der Waals surface area contributed by atoms with Crippen LogP contribution in [-0.2, 0) is 9.53 Å². The highest BCUT2D eigenvalue weighted by Gasteiger charge is 2.58. The standard InChI is InChI=1S/C9H17NO7/c1-3(7(13)14)9(16)5(10)8(15)17-4(2-11)6(9)12/h3-6,8,11-12,15-16H,2,10H2,1H3,(H,13,14)/t3-,4+,5-,6+,8+,9+/m0/s1. The summed E-state index contributed by atoms with van der Waals surface area (Å²) in [6, 6.07) is -1.49. The molecule has 0 aliphatic carbocycles. The number of ether oxygens (including phenoxy) is 1. The van der Waals surface area contributed by atoms with Gasteiger partial charge in [0.2, 0.25) is 0 Å². The molecule has 8 heteroatoms. The summed E-state index contributed by atoms with van der Waals surface area (Å²) in [5.74, 6) is -2.81. The minimum Gasteiger partial charge on any atom is -0.481 e. The fourth-order valence-corrected chi connectivity index (χ4v) is 1.95. The van der Waals surface area contributed by atoms with Crippen LogP contribution in [0.5, 0.6) is 0 Å². The number of carboxylic acid groups (broad SMARTS) is 1. The van der Waals surface area contributed by atoms with Gasteiger partial charge in [0.1, 0.15) is 17.8 Å². The molecule has 0 saturated carbocycles. The highest BCUT2D eigenvalue weighted by atomic mass is 16.6. The second-order valence-electron chi connectivity index (χ2n) is 4.17. The van der Waals surface area contributed by atoms with Gasteiger partial charge in [0.15, 0.2) is 6.29 Å². The lowest BCUT2D eigenvalue weighted by Gasteiger charge is -2.48. The van der Waals surface area contributed by atoms with Crippen molar-refractivity contribution in [3.05, 3.63) is 0 Å². The van der Waals surface area contributed by atoms with E-state index in [-0.39, 0.29) is 0 Å². The van der Waals surface area contributed by atoms with Gasteiger partial charge in [0.25, 0.3) is 0 Å². The third-order valence-electron chi connectivity index (χ3n) is 3.23. The number of carbonyl (C=O) groups is 1. The maximum Gasteiger partial charge on any atom is 0.309 e. The van der Waals surface area contributed by atoms with Crippen molar-refractivity contribution in [1.29, 1.82) is 0 Å². The van der Waals surface area contributed by atoms with E-state index in [1.807, 2.05) is 0 Å². The normalized spacial score (nSPS) is 44.4. The molecule has 0 aromatic heterocycles. The van der Waals surface area contributed by atoms with Crippen LogP contribution in [0.4, 0.5) is 0 Å². The molecule has 1 saturated heterocycles. The van der Waals surface area contributed by atoms with Crippen LogP contribution in [0.15, 0.2) is 0 Å². The van der Waals surface area contributed by atoms with Crippen molar-refractivity contribution in [2.24, 2.45) is 11.7 Å². The summed E-state index contributed by atoms with van der Waals surface area (Å²) < 4.78 is 4.76. The summed E-state index contributed by atoms with van der Waals surface area (Å²) in [5, 5.41) is 47.3. The Balaban J connectivity index is 3.10. The van der Waals surface area contributed by atoms with Crippen LogP contribution in [0.1, 0.15) is 6.92 Å². The Bertz CT molecular complexity index is 299. The monoisotopic (exact) mass is 251 g/mol. The van der Waals surface area contributed by atoms with Gasteiger partial charge < -0.3 is 36.0 Å². The van der Waals surface area contributed by atoms with E-state index < -0.39 is 48.6 Å². The lowest BCUT2D eigenvalue weighted by molar-refractivity contribution is -0.292. The summed E-state index contributed by atoms with van der Waals surface area (Å²) in [7, 11) is 0. The Morgan fingerprint density at radius 2 is 2.06 bits per heavy atom. The molecular formula is C9H17NO7. The third-order valence-corrected chi connectivity index (χ3v) is 3.23. The number of rotatable bonds is 3. The van der Waals surface area contributed by atoms with Gasteiger partial charge in [0, 0.05) is 0 Å². The number of hydrogen-bond donors (Lipinski definition) is 6. The molecule has 1 rings (SSSR count). The van der Waals surface area contributed by atoms with Crippen LogP contribution in [0.25, 0.3) is 0 Å². The average Bonchev–Trinajstić information content (AvgIpc) is 2.29. The van der Waals surface area contributed by atoms with Gasteiger partial charge in [-0.15, -0.1) is 0 Å². The molecule has 1 fully saturated rings. The minimum absolute atomic E-state index is 0.681. The van der Waals surface area contributed by atoms with Crippen molar-refractivity contribution >= 4 is 5.97 Å². The summed E-state index contributed by atoms with van der Waals surface area (Å²) in [6.45, 7) is 0.470. The molecule has 1 aliphatic rings. The molecule has 1 aliphatic heterocycles. The number of aliphatic hydroxyl groups is 4. The van der Waals surface area contributed by atoms with E-state index in [0.29, 0.717) is 0 Å². The smallest absolute Gasteiger partial charge is 0.309 e. The van der Waals surface area contributed by atoms with Gasteiger partial charge in [-0.25, -0.2) is 0 Å². The van der Waals surface area contributed by atoms with Crippen molar-refractivity contribution in [2.75, 3.05) is 6.61 Å². The van der Waals surface area contributed by atoms with Crippen LogP contribution >= 0.6 is 0 Å². The maximum absolute atomic E-state index is 10.9. The molecule has 0 amide bonds. The van der Waals surface area contributed by atoms with E-state index in [2.05, 4.69) is 0 Å². The van der Waals surface area contributed by atoms with E-state index in [1.165, 1.54) is 0 Å². The highest BCUT2D eigenvalue weighted by molar-refractivity contribution is 5.71. The van der Waals surface area contributed by atoms with Crippen molar-refractivity contribution in [1.82, 2.24) is 0 Å². The Morgan fingerprint density at radius 3 is 2.47 bits per heavy atom.